The molecule has 126 valence electrons. The van der Waals surface area contributed by atoms with Crippen molar-refractivity contribution in [3.8, 4) is 16.2 Å². The molecule has 24 heavy (non-hydrogen) atoms. The van der Waals surface area contributed by atoms with Gasteiger partial charge in [0.2, 0.25) is 0 Å². The highest BCUT2D eigenvalue weighted by atomic mass is 32.1. The highest BCUT2D eigenvalue weighted by Crippen LogP contribution is 2.42. The van der Waals surface area contributed by atoms with Crippen molar-refractivity contribution < 1.29 is 14.3 Å². The molecule has 0 spiro atoms. The maximum Gasteiger partial charge on any atom is 0.261 e. The molecule has 1 saturated carbocycles. The second-order valence-corrected chi connectivity index (χ2v) is 7.43. The zero-order valence-electron chi connectivity index (χ0n) is 13.5. The largest absolute Gasteiger partial charge is 0.488 e. The van der Waals surface area contributed by atoms with Crippen LogP contribution in [0.3, 0.4) is 0 Å². The Balaban J connectivity index is 1.32. The molecule has 4 rings (SSSR count). The van der Waals surface area contributed by atoms with E-state index in [-0.39, 0.29) is 5.91 Å². The first kappa shape index (κ1) is 15.7. The lowest BCUT2D eigenvalue weighted by molar-refractivity contribution is 0.0941. The lowest BCUT2D eigenvalue weighted by atomic mass is 10.1. The van der Waals surface area contributed by atoms with Gasteiger partial charge in [0.25, 0.3) is 5.91 Å². The molecular weight excluding hydrogens is 322 g/mol. The molecule has 1 aromatic heterocycles. The minimum atomic E-state index is -0.00549. The topological polar surface area (TPSA) is 47.6 Å². The summed E-state index contributed by atoms with van der Waals surface area (Å²) >= 11 is 1.54. The van der Waals surface area contributed by atoms with Crippen LogP contribution in [0.15, 0.2) is 30.3 Å². The van der Waals surface area contributed by atoms with Gasteiger partial charge in [0, 0.05) is 35.8 Å². The molecule has 0 radical (unpaired) electrons. The van der Waals surface area contributed by atoms with Gasteiger partial charge in [-0.1, -0.05) is 12.1 Å². The molecule has 2 heterocycles. The number of benzene rings is 1. The van der Waals surface area contributed by atoms with Crippen molar-refractivity contribution in [2.24, 2.45) is 5.92 Å². The summed E-state index contributed by atoms with van der Waals surface area (Å²) in [6.45, 7) is 2.79. The van der Waals surface area contributed by atoms with Crippen molar-refractivity contribution in [3.63, 3.8) is 0 Å². The van der Waals surface area contributed by atoms with E-state index in [0.717, 1.165) is 52.2 Å². The number of carbonyl (C=O) groups excluding carboxylic acids is 1. The third-order valence-electron chi connectivity index (χ3n) is 4.35. The molecule has 0 bridgehead atoms. The fourth-order valence-electron chi connectivity index (χ4n) is 2.81. The quantitative estimate of drug-likeness (QED) is 0.777. The Kier molecular flexibility index (Phi) is 4.54. The van der Waals surface area contributed by atoms with Crippen LogP contribution in [0.2, 0.25) is 0 Å². The monoisotopic (exact) mass is 343 g/mol. The number of ether oxygens (including phenoxy) is 2. The van der Waals surface area contributed by atoms with E-state index in [2.05, 4.69) is 5.32 Å². The number of amides is 1. The van der Waals surface area contributed by atoms with E-state index in [0.29, 0.717) is 13.2 Å². The maximum atomic E-state index is 12.3. The smallest absolute Gasteiger partial charge is 0.261 e. The summed E-state index contributed by atoms with van der Waals surface area (Å²) in [5.74, 6) is 1.68. The molecule has 0 atom stereocenters. The van der Waals surface area contributed by atoms with Crippen LogP contribution in [0.25, 0.3) is 10.4 Å². The van der Waals surface area contributed by atoms with Crippen LogP contribution in [0, 0.1) is 5.92 Å². The van der Waals surface area contributed by atoms with Gasteiger partial charge < -0.3 is 14.8 Å². The molecule has 5 heteroatoms. The number of hydrogen-bond acceptors (Lipinski definition) is 4. The second kappa shape index (κ2) is 6.95. The van der Waals surface area contributed by atoms with Gasteiger partial charge in [-0.25, -0.2) is 0 Å². The Bertz CT molecular complexity index is 736. The predicted octanol–water partition coefficient (Wildman–Crippen LogP) is 3.85. The molecule has 1 aliphatic heterocycles. The number of hydrogen-bond donors (Lipinski definition) is 1. The van der Waals surface area contributed by atoms with Gasteiger partial charge in [-0.05, 0) is 43.4 Å². The Morgan fingerprint density at radius 1 is 1.33 bits per heavy atom. The van der Waals surface area contributed by atoms with Crippen molar-refractivity contribution in [1.29, 1.82) is 0 Å². The average molecular weight is 343 g/mol. The minimum absolute atomic E-state index is 0.00549. The van der Waals surface area contributed by atoms with Gasteiger partial charge in [-0.15, -0.1) is 11.3 Å². The first-order chi connectivity index (χ1) is 11.8. The molecule has 2 aliphatic rings. The van der Waals surface area contributed by atoms with Crippen LogP contribution in [-0.4, -0.2) is 25.7 Å². The van der Waals surface area contributed by atoms with Crippen molar-refractivity contribution in [3.05, 3.63) is 40.8 Å². The fraction of sp³-hybridized carbons (Fsp3) is 0.421. The Morgan fingerprint density at radius 3 is 3.08 bits per heavy atom. The highest BCUT2D eigenvalue weighted by molar-refractivity contribution is 7.17. The van der Waals surface area contributed by atoms with E-state index in [1.807, 2.05) is 30.3 Å². The van der Waals surface area contributed by atoms with Crippen LogP contribution in [-0.2, 0) is 11.3 Å². The fourth-order valence-corrected chi connectivity index (χ4v) is 3.92. The molecule has 4 nitrogen and oxygen atoms in total. The number of fused-ring (bicyclic) bond motifs is 3. The van der Waals surface area contributed by atoms with E-state index in [1.54, 1.807) is 11.3 Å². The van der Waals surface area contributed by atoms with E-state index in [4.69, 9.17) is 9.47 Å². The lowest BCUT2D eigenvalue weighted by Crippen LogP contribution is -2.24. The molecular formula is C19H21NO3S. The van der Waals surface area contributed by atoms with Crippen LogP contribution >= 0.6 is 11.3 Å². The van der Waals surface area contributed by atoms with Crippen LogP contribution in [0.4, 0.5) is 0 Å². The van der Waals surface area contributed by atoms with E-state index >= 15 is 0 Å². The van der Waals surface area contributed by atoms with Gasteiger partial charge in [0.05, 0.1) is 4.88 Å². The zero-order valence-corrected chi connectivity index (χ0v) is 14.4. The first-order valence-electron chi connectivity index (χ1n) is 8.52. The van der Waals surface area contributed by atoms with Crippen LogP contribution < -0.4 is 10.1 Å². The zero-order chi connectivity index (χ0) is 16.4. The van der Waals surface area contributed by atoms with Gasteiger partial charge in [0.1, 0.15) is 12.4 Å². The molecule has 2 aromatic rings. The Labute approximate surface area is 145 Å². The van der Waals surface area contributed by atoms with Gasteiger partial charge in [-0.2, -0.15) is 0 Å². The number of carbonyl (C=O) groups is 1. The minimum Gasteiger partial charge on any atom is -0.488 e. The van der Waals surface area contributed by atoms with Crippen molar-refractivity contribution >= 4 is 17.2 Å². The van der Waals surface area contributed by atoms with Crippen molar-refractivity contribution in [2.45, 2.75) is 25.9 Å². The molecule has 1 fully saturated rings. The molecule has 1 N–H and O–H groups in total. The summed E-state index contributed by atoms with van der Waals surface area (Å²) in [4.78, 5) is 14.2. The summed E-state index contributed by atoms with van der Waals surface area (Å²) in [5.41, 5.74) is 2.17. The van der Waals surface area contributed by atoms with E-state index < -0.39 is 0 Å². The number of thiophene rings is 1. The van der Waals surface area contributed by atoms with Gasteiger partial charge in [0.15, 0.2) is 0 Å². The second-order valence-electron chi connectivity index (χ2n) is 6.38. The van der Waals surface area contributed by atoms with Crippen LogP contribution in [0.1, 0.15) is 34.5 Å². The first-order valence-corrected chi connectivity index (χ1v) is 9.34. The molecule has 0 unspecified atom stereocenters. The summed E-state index contributed by atoms with van der Waals surface area (Å²) in [6, 6.07) is 9.94. The molecule has 1 aromatic carbocycles. The molecule has 1 aliphatic carbocycles. The van der Waals surface area contributed by atoms with E-state index in [9.17, 15) is 4.79 Å². The predicted molar refractivity (Wildman–Crippen MR) is 94.6 cm³/mol. The highest BCUT2D eigenvalue weighted by Gasteiger charge is 2.22. The van der Waals surface area contributed by atoms with Crippen LogP contribution in [0.5, 0.6) is 5.75 Å². The van der Waals surface area contributed by atoms with Gasteiger partial charge >= 0.3 is 0 Å². The Morgan fingerprint density at radius 2 is 2.21 bits per heavy atom. The standard InChI is InChI=1S/C19H21NO3S/c21-19(20-8-3-9-22-11-13-6-7-13)17-10-14-12-23-16-5-2-1-4-15(16)18(14)24-17/h1-2,4-5,10,13H,3,6-9,11-12H2,(H,20,21). The van der Waals surface area contributed by atoms with Gasteiger partial charge in [-0.3, -0.25) is 4.79 Å². The van der Waals surface area contributed by atoms with Crippen molar-refractivity contribution in [1.82, 2.24) is 5.32 Å². The molecule has 0 saturated heterocycles. The van der Waals surface area contributed by atoms with E-state index in [1.165, 1.54) is 12.8 Å². The third kappa shape index (κ3) is 3.47. The normalized spacial score (nSPS) is 15.3. The summed E-state index contributed by atoms with van der Waals surface area (Å²) in [7, 11) is 0. The maximum absolute atomic E-state index is 12.3. The number of rotatable bonds is 7. The average Bonchev–Trinajstić information content (AvgIpc) is 3.32. The third-order valence-corrected chi connectivity index (χ3v) is 5.56. The SMILES string of the molecule is O=C(NCCCOCC1CC1)c1cc2c(s1)-c1ccccc1OC2. The summed E-state index contributed by atoms with van der Waals surface area (Å²) in [6.07, 6.45) is 3.48. The number of para-hydroxylation sites is 1. The number of nitrogens with one attached hydrogen (secondary N) is 1. The summed E-state index contributed by atoms with van der Waals surface area (Å²) < 4.78 is 11.3. The Hall–Kier alpha value is -1.85. The summed E-state index contributed by atoms with van der Waals surface area (Å²) in [5, 5.41) is 2.99. The lowest BCUT2D eigenvalue weighted by Gasteiger charge is -2.16. The molecule has 1 amide bonds. The van der Waals surface area contributed by atoms with Crippen molar-refractivity contribution in [2.75, 3.05) is 19.8 Å².